The van der Waals surface area contributed by atoms with E-state index < -0.39 is 0 Å². The van der Waals surface area contributed by atoms with E-state index in [0.717, 1.165) is 37.4 Å². The van der Waals surface area contributed by atoms with Crippen LogP contribution in [-0.2, 0) is 6.67 Å². The number of nitrogens with zero attached hydrogens (tertiary/aromatic N) is 4. The van der Waals surface area contributed by atoms with Crippen molar-refractivity contribution in [3.05, 3.63) is 62.4 Å². The Hall–Kier alpha value is -2.42. The highest BCUT2D eigenvalue weighted by atomic mass is 35.5. The predicted molar refractivity (Wildman–Crippen MR) is 107 cm³/mol. The Balaban J connectivity index is 1.43. The zero-order valence-electron chi connectivity index (χ0n) is 14.4. The van der Waals surface area contributed by atoms with Crippen LogP contribution in [0.25, 0.3) is 11.1 Å². The number of piperazine rings is 1. The van der Waals surface area contributed by atoms with E-state index in [0.29, 0.717) is 22.1 Å². The summed E-state index contributed by atoms with van der Waals surface area (Å²) in [5, 5.41) is 11.4. The highest BCUT2D eigenvalue weighted by molar-refractivity contribution is 7.71. The van der Waals surface area contributed by atoms with Crippen LogP contribution in [0.4, 0.5) is 11.4 Å². The van der Waals surface area contributed by atoms with Gasteiger partial charge in [-0.25, -0.2) is 0 Å². The van der Waals surface area contributed by atoms with E-state index in [1.807, 2.05) is 16.7 Å². The molecule has 2 aromatic carbocycles. The summed E-state index contributed by atoms with van der Waals surface area (Å²) in [4.78, 5) is 15.4. The number of anilines is 1. The molecule has 9 heteroatoms. The molecule has 0 unspecified atom stereocenters. The fourth-order valence-corrected chi connectivity index (χ4v) is 3.71. The van der Waals surface area contributed by atoms with Crippen LogP contribution in [0.15, 0.2) is 46.9 Å². The molecular weight excluding hydrogens is 388 g/mol. The second-order valence-corrected chi connectivity index (χ2v) is 7.21. The molecule has 1 aliphatic rings. The number of benzene rings is 2. The predicted octanol–water partition coefficient (Wildman–Crippen LogP) is 4.31. The van der Waals surface area contributed by atoms with Crippen LogP contribution in [0.2, 0.25) is 5.02 Å². The van der Waals surface area contributed by atoms with E-state index in [9.17, 15) is 10.1 Å². The average Bonchev–Trinajstić information content (AvgIpc) is 2.97. The molecule has 0 amide bonds. The van der Waals surface area contributed by atoms with E-state index in [2.05, 4.69) is 9.80 Å². The number of nitro benzene ring substituents is 1. The van der Waals surface area contributed by atoms with Gasteiger partial charge in [-0.15, -0.1) is 0 Å². The molecule has 1 saturated heterocycles. The molecule has 4 rings (SSSR count). The molecule has 0 saturated carbocycles. The van der Waals surface area contributed by atoms with Crippen molar-refractivity contribution in [3.63, 3.8) is 0 Å². The second-order valence-electron chi connectivity index (χ2n) is 6.43. The molecular formula is C18H17ClN4O3S. The van der Waals surface area contributed by atoms with Gasteiger partial charge in [0.25, 0.3) is 10.5 Å². The molecule has 7 nitrogen and oxygen atoms in total. The van der Waals surface area contributed by atoms with Crippen molar-refractivity contribution in [1.82, 2.24) is 9.47 Å². The fraction of sp³-hybridized carbons (Fsp3) is 0.278. The topological polar surface area (TPSA) is 67.7 Å². The van der Waals surface area contributed by atoms with Crippen molar-refractivity contribution in [2.75, 3.05) is 31.1 Å². The van der Waals surface area contributed by atoms with Gasteiger partial charge >= 0.3 is 0 Å². The van der Waals surface area contributed by atoms with Gasteiger partial charge in [0, 0.05) is 55.1 Å². The van der Waals surface area contributed by atoms with Crippen LogP contribution in [0.1, 0.15) is 0 Å². The second kappa shape index (κ2) is 7.30. The maximum absolute atomic E-state index is 10.8. The first-order valence-corrected chi connectivity index (χ1v) is 9.30. The zero-order chi connectivity index (χ0) is 19.0. The van der Waals surface area contributed by atoms with Crippen LogP contribution in [0.3, 0.4) is 0 Å². The largest absolute Gasteiger partial charge is 0.429 e. The normalized spacial score (nSPS) is 15.4. The number of aromatic nitrogens is 1. The summed E-state index contributed by atoms with van der Waals surface area (Å²) in [6, 6.07) is 12.2. The molecule has 0 aliphatic carbocycles. The van der Waals surface area contributed by atoms with Gasteiger partial charge in [-0.1, -0.05) is 11.6 Å². The number of halogens is 1. The Morgan fingerprint density at radius 2 is 1.81 bits per heavy atom. The average molecular weight is 405 g/mol. The molecule has 27 heavy (non-hydrogen) atoms. The fourth-order valence-electron chi connectivity index (χ4n) is 3.31. The molecule has 0 spiro atoms. The molecule has 0 atom stereocenters. The number of hydrogen-bond donors (Lipinski definition) is 0. The minimum atomic E-state index is -0.381. The van der Waals surface area contributed by atoms with Crippen molar-refractivity contribution < 1.29 is 9.34 Å². The SMILES string of the molecule is O=[N+]([O-])c1ccc(N2CCN(Cn3c(=S)oc4cc(Cl)ccc43)CC2)cc1. The number of fused-ring (bicyclic) bond motifs is 1. The van der Waals surface area contributed by atoms with Gasteiger partial charge in [0.1, 0.15) is 0 Å². The summed E-state index contributed by atoms with van der Waals surface area (Å²) in [5.41, 5.74) is 2.73. The van der Waals surface area contributed by atoms with Crippen molar-refractivity contribution in [1.29, 1.82) is 0 Å². The third-order valence-corrected chi connectivity index (χ3v) is 5.31. The summed E-state index contributed by atoms with van der Waals surface area (Å²) >= 11 is 11.4. The molecule has 2 heterocycles. The Morgan fingerprint density at radius 1 is 1.11 bits per heavy atom. The summed E-state index contributed by atoms with van der Waals surface area (Å²) in [6.07, 6.45) is 0. The first-order chi connectivity index (χ1) is 13.0. The highest BCUT2D eigenvalue weighted by Crippen LogP contribution is 2.24. The Labute approximate surface area is 165 Å². The number of oxazole rings is 1. The minimum Gasteiger partial charge on any atom is -0.429 e. The van der Waals surface area contributed by atoms with Gasteiger partial charge in [0.05, 0.1) is 17.1 Å². The van der Waals surface area contributed by atoms with Crippen LogP contribution >= 0.6 is 23.8 Å². The zero-order valence-corrected chi connectivity index (χ0v) is 15.9. The monoisotopic (exact) mass is 404 g/mol. The molecule has 1 fully saturated rings. The Kier molecular flexibility index (Phi) is 4.86. The lowest BCUT2D eigenvalue weighted by Gasteiger charge is -2.36. The van der Waals surface area contributed by atoms with Crippen LogP contribution in [0, 0.1) is 15.0 Å². The molecule has 0 bridgehead atoms. The molecule has 0 radical (unpaired) electrons. The molecule has 1 aliphatic heterocycles. The number of nitro groups is 1. The number of hydrogen-bond acceptors (Lipinski definition) is 6. The summed E-state index contributed by atoms with van der Waals surface area (Å²) in [7, 11) is 0. The summed E-state index contributed by atoms with van der Waals surface area (Å²) < 4.78 is 7.62. The van der Waals surface area contributed by atoms with E-state index >= 15 is 0 Å². The standard InChI is InChI=1S/C18H17ClN4O3S/c19-13-1-6-16-17(11-13)26-18(27)22(16)12-20-7-9-21(10-8-20)14-2-4-15(5-3-14)23(24)25/h1-6,11H,7-10,12H2. The van der Waals surface area contributed by atoms with Crippen molar-refractivity contribution in [2.45, 2.75) is 6.67 Å². The van der Waals surface area contributed by atoms with Crippen molar-refractivity contribution in [2.24, 2.45) is 0 Å². The maximum atomic E-state index is 10.8. The third-order valence-electron chi connectivity index (χ3n) is 4.77. The summed E-state index contributed by atoms with van der Waals surface area (Å²) in [6.45, 7) is 4.05. The van der Waals surface area contributed by atoms with Crippen LogP contribution in [0.5, 0.6) is 0 Å². The molecule has 140 valence electrons. The van der Waals surface area contributed by atoms with Gasteiger partial charge in [-0.3, -0.25) is 19.6 Å². The molecule has 1 aromatic heterocycles. The van der Waals surface area contributed by atoms with Gasteiger partial charge in [0.2, 0.25) is 0 Å². The van der Waals surface area contributed by atoms with Gasteiger partial charge in [-0.2, -0.15) is 0 Å². The molecule has 0 N–H and O–H groups in total. The third kappa shape index (κ3) is 3.69. The van der Waals surface area contributed by atoms with Gasteiger partial charge in [0.15, 0.2) is 5.58 Å². The Morgan fingerprint density at radius 3 is 2.48 bits per heavy atom. The quantitative estimate of drug-likeness (QED) is 0.367. The number of rotatable bonds is 4. The highest BCUT2D eigenvalue weighted by Gasteiger charge is 2.19. The van der Waals surface area contributed by atoms with E-state index in [1.165, 1.54) is 0 Å². The maximum Gasteiger partial charge on any atom is 0.270 e. The lowest BCUT2D eigenvalue weighted by Crippen LogP contribution is -2.46. The van der Waals surface area contributed by atoms with Crippen LogP contribution < -0.4 is 4.90 Å². The first kappa shape index (κ1) is 18.0. The van der Waals surface area contributed by atoms with Gasteiger partial charge in [-0.05, 0) is 36.5 Å². The van der Waals surface area contributed by atoms with Gasteiger partial charge < -0.3 is 9.32 Å². The van der Waals surface area contributed by atoms with E-state index in [-0.39, 0.29) is 10.6 Å². The number of non-ortho nitro benzene ring substituents is 1. The molecule has 3 aromatic rings. The van der Waals surface area contributed by atoms with E-state index in [4.69, 9.17) is 28.2 Å². The smallest absolute Gasteiger partial charge is 0.270 e. The lowest BCUT2D eigenvalue weighted by molar-refractivity contribution is -0.384. The van der Waals surface area contributed by atoms with E-state index in [1.54, 1.807) is 30.3 Å². The first-order valence-electron chi connectivity index (χ1n) is 8.52. The Bertz CT molecular complexity index is 1040. The van der Waals surface area contributed by atoms with Crippen LogP contribution in [-0.4, -0.2) is 40.6 Å². The minimum absolute atomic E-state index is 0.110. The van der Waals surface area contributed by atoms with Crippen molar-refractivity contribution >= 4 is 46.3 Å². The summed E-state index contributed by atoms with van der Waals surface area (Å²) in [5.74, 6) is 0. The van der Waals surface area contributed by atoms with Crippen molar-refractivity contribution in [3.8, 4) is 0 Å². The lowest BCUT2D eigenvalue weighted by atomic mass is 10.2.